The fourth-order valence-corrected chi connectivity index (χ4v) is 2.27. The zero-order valence-electron chi connectivity index (χ0n) is 14.5. The Balaban J connectivity index is 2.75. The molecule has 0 amide bonds. The van der Waals surface area contributed by atoms with Gasteiger partial charge in [-0.25, -0.2) is 0 Å². The van der Waals surface area contributed by atoms with E-state index in [2.05, 4.69) is 0 Å². The van der Waals surface area contributed by atoms with E-state index in [4.69, 9.17) is 14.2 Å². The highest BCUT2D eigenvalue weighted by molar-refractivity contribution is 5.69. The second kappa shape index (κ2) is 9.65. The Morgan fingerprint density at radius 2 is 1.65 bits per heavy atom. The van der Waals surface area contributed by atoms with E-state index >= 15 is 0 Å². The van der Waals surface area contributed by atoms with Crippen molar-refractivity contribution >= 4 is 5.97 Å². The van der Waals surface area contributed by atoms with Crippen LogP contribution >= 0.6 is 0 Å². The molecule has 1 aromatic rings. The summed E-state index contributed by atoms with van der Waals surface area (Å²) in [4.78, 5) is 11.4. The van der Waals surface area contributed by atoms with Gasteiger partial charge in [-0.1, -0.05) is 24.3 Å². The van der Waals surface area contributed by atoms with Crippen LogP contribution in [0.2, 0.25) is 0 Å². The molecule has 130 valence electrons. The molecule has 0 aliphatic heterocycles. The van der Waals surface area contributed by atoms with Crippen LogP contribution < -0.4 is 0 Å². The molecule has 23 heavy (non-hydrogen) atoms. The first-order valence-electron chi connectivity index (χ1n) is 8.16. The minimum atomic E-state index is -1.09. The van der Waals surface area contributed by atoms with E-state index in [9.17, 15) is 9.90 Å². The maximum atomic E-state index is 11.4. The van der Waals surface area contributed by atoms with Crippen molar-refractivity contribution in [3.63, 3.8) is 0 Å². The number of rotatable bonds is 10. The van der Waals surface area contributed by atoms with Crippen molar-refractivity contribution in [1.82, 2.24) is 0 Å². The highest BCUT2D eigenvalue weighted by Crippen LogP contribution is 2.28. The van der Waals surface area contributed by atoms with Crippen LogP contribution in [0, 0.1) is 0 Å². The van der Waals surface area contributed by atoms with Crippen LogP contribution in [0.15, 0.2) is 24.3 Å². The number of hydrogen-bond donors (Lipinski definition) is 1. The summed E-state index contributed by atoms with van der Waals surface area (Å²) in [6.07, 6.45) is 0.0952. The average molecular weight is 324 g/mol. The number of aliphatic hydroxyl groups is 1. The fraction of sp³-hybridized carbons (Fsp3) is 0.611. The second-order valence-corrected chi connectivity index (χ2v) is 5.44. The number of esters is 1. The van der Waals surface area contributed by atoms with Gasteiger partial charge in [0.15, 0.2) is 6.29 Å². The first kappa shape index (κ1) is 19.6. The minimum absolute atomic E-state index is 0.184. The molecule has 0 aliphatic carbocycles. The Bertz CT molecular complexity index is 461. The van der Waals surface area contributed by atoms with Crippen LogP contribution in [0.5, 0.6) is 0 Å². The average Bonchev–Trinajstić information content (AvgIpc) is 2.53. The topological polar surface area (TPSA) is 65.0 Å². The monoisotopic (exact) mass is 324 g/mol. The summed E-state index contributed by atoms with van der Waals surface area (Å²) in [5.41, 5.74) is 0.564. The van der Waals surface area contributed by atoms with Gasteiger partial charge in [-0.05, 0) is 39.7 Å². The standard InChI is InChI=1S/C18H28O5/c1-5-21-16(19)12-13-18(4,20)15-10-8-14(9-11-15)17(22-6-2)23-7-3/h8-11,17,20H,5-7,12-13H2,1-4H3. The highest BCUT2D eigenvalue weighted by atomic mass is 16.7. The smallest absolute Gasteiger partial charge is 0.305 e. The Morgan fingerprint density at radius 3 is 2.13 bits per heavy atom. The van der Waals surface area contributed by atoms with Gasteiger partial charge in [0.2, 0.25) is 0 Å². The lowest BCUT2D eigenvalue weighted by atomic mass is 9.90. The Morgan fingerprint density at radius 1 is 1.09 bits per heavy atom. The van der Waals surface area contributed by atoms with E-state index in [1.807, 2.05) is 38.1 Å². The molecular formula is C18H28O5. The molecule has 0 radical (unpaired) electrons. The summed E-state index contributed by atoms with van der Waals surface area (Å²) in [6, 6.07) is 7.44. The molecule has 0 fully saturated rings. The van der Waals surface area contributed by atoms with Crippen LogP contribution in [0.25, 0.3) is 0 Å². The van der Waals surface area contributed by atoms with Crippen molar-refractivity contribution in [3.05, 3.63) is 35.4 Å². The molecule has 1 atom stereocenters. The van der Waals surface area contributed by atoms with Gasteiger partial charge >= 0.3 is 5.97 Å². The predicted molar refractivity (Wildman–Crippen MR) is 87.9 cm³/mol. The van der Waals surface area contributed by atoms with Crippen LogP contribution in [-0.4, -0.2) is 30.9 Å². The summed E-state index contributed by atoms with van der Waals surface area (Å²) in [6.45, 7) is 8.77. The van der Waals surface area contributed by atoms with E-state index < -0.39 is 11.9 Å². The van der Waals surface area contributed by atoms with Gasteiger partial charge in [-0.2, -0.15) is 0 Å². The summed E-state index contributed by atoms with van der Waals surface area (Å²) in [5, 5.41) is 10.6. The van der Waals surface area contributed by atoms with E-state index in [1.165, 1.54) is 0 Å². The lowest BCUT2D eigenvalue weighted by Gasteiger charge is -2.24. The van der Waals surface area contributed by atoms with Gasteiger partial charge in [0, 0.05) is 25.2 Å². The molecule has 0 spiro atoms. The van der Waals surface area contributed by atoms with Crippen LogP contribution in [0.1, 0.15) is 58.0 Å². The first-order chi connectivity index (χ1) is 10.9. The van der Waals surface area contributed by atoms with Crippen molar-refractivity contribution in [2.75, 3.05) is 19.8 Å². The summed E-state index contributed by atoms with van der Waals surface area (Å²) >= 11 is 0. The maximum Gasteiger partial charge on any atom is 0.305 e. The lowest BCUT2D eigenvalue weighted by Crippen LogP contribution is -2.23. The molecule has 1 aromatic carbocycles. The molecule has 0 aromatic heterocycles. The van der Waals surface area contributed by atoms with Gasteiger partial charge in [0.25, 0.3) is 0 Å². The number of carbonyl (C=O) groups is 1. The first-order valence-corrected chi connectivity index (χ1v) is 8.16. The predicted octanol–water partition coefficient (Wildman–Crippen LogP) is 3.31. The maximum absolute atomic E-state index is 11.4. The Hall–Kier alpha value is -1.43. The van der Waals surface area contributed by atoms with Crippen LogP contribution in [0.4, 0.5) is 0 Å². The molecular weight excluding hydrogens is 296 g/mol. The molecule has 5 nitrogen and oxygen atoms in total. The SMILES string of the molecule is CCOC(=O)CCC(C)(O)c1ccc(C(OCC)OCC)cc1. The molecule has 0 heterocycles. The largest absolute Gasteiger partial charge is 0.466 e. The summed E-state index contributed by atoms with van der Waals surface area (Å²) in [7, 11) is 0. The number of benzene rings is 1. The van der Waals surface area contributed by atoms with Gasteiger partial charge in [0.05, 0.1) is 12.2 Å². The van der Waals surface area contributed by atoms with Crippen molar-refractivity contribution in [1.29, 1.82) is 0 Å². The number of carbonyl (C=O) groups excluding carboxylic acids is 1. The number of hydrogen-bond acceptors (Lipinski definition) is 5. The van der Waals surface area contributed by atoms with E-state index in [0.29, 0.717) is 26.2 Å². The third-order valence-corrected chi connectivity index (χ3v) is 3.56. The van der Waals surface area contributed by atoms with Crippen molar-refractivity contribution < 1.29 is 24.1 Å². The van der Waals surface area contributed by atoms with Gasteiger partial charge < -0.3 is 19.3 Å². The minimum Gasteiger partial charge on any atom is -0.466 e. The lowest BCUT2D eigenvalue weighted by molar-refractivity contribution is -0.144. The highest BCUT2D eigenvalue weighted by Gasteiger charge is 2.25. The molecule has 0 aliphatic rings. The van der Waals surface area contributed by atoms with Gasteiger partial charge in [-0.15, -0.1) is 0 Å². The Labute approximate surface area is 138 Å². The quantitative estimate of drug-likeness (QED) is 0.528. The normalized spacial score (nSPS) is 13.8. The zero-order chi connectivity index (χ0) is 17.3. The fourth-order valence-electron chi connectivity index (χ4n) is 2.27. The third-order valence-electron chi connectivity index (χ3n) is 3.56. The molecule has 0 bridgehead atoms. The molecule has 1 unspecified atom stereocenters. The van der Waals surface area contributed by atoms with Crippen molar-refractivity contribution in [2.45, 2.75) is 52.4 Å². The third kappa shape index (κ3) is 6.29. The van der Waals surface area contributed by atoms with E-state index in [1.54, 1.807) is 13.8 Å². The Kier molecular flexibility index (Phi) is 8.23. The van der Waals surface area contributed by atoms with Gasteiger partial charge in [-0.3, -0.25) is 4.79 Å². The van der Waals surface area contributed by atoms with Crippen molar-refractivity contribution in [2.24, 2.45) is 0 Å². The molecule has 0 saturated carbocycles. The van der Waals surface area contributed by atoms with Crippen LogP contribution in [0.3, 0.4) is 0 Å². The van der Waals surface area contributed by atoms with Crippen LogP contribution in [-0.2, 0) is 24.6 Å². The van der Waals surface area contributed by atoms with E-state index in [-0.39, 0.29) is 12.4 Å². The second-order valence-electron chi connectivity index (χ2n) is 5.44. The molecule has 1 rings (SSSR count). The zero-order valence-corrected chi connectivity index (χ0v) is 14.5. The summed E-state index contributed by atoms with van der Waals surface area (Å²) in [5.74, 6) is -0.294. The molecule has 0 saturated heterocycles. The van der Waals surface area contributed by atoms with E-state index in [0.717, 1.165) is 11.1 Å². The van der Waals surface area contributed by atoms with Gasteiger partial charge in [0.1, 0.15) is 0 Å². The molecule has 1 N–H and O–H groups in total. The summed E-state index contributed by atoms with van der Waals surface area (Å²) < 4.78 is 16.0. The molecule has 5 heteroatoms. The number of ether oxygens (including phenoxy) is 3. The van der Waals surface area contributed by atoms with Crippen molar-refractivity contribution in [3.8, 4) is 0 Å².